The summed E-state index contributed by atoms with van der Waals surface area (Å²) in [5.74, 6) is -0.797. The van der Waals surface area contributed by atoms with Gasteiger partial charge in [0.05, 0.1) is 33.1 Å². The molecule has 1 aromatic carbocycles. The molecule has 3 heterocycles. The van der Waals surface area contributed by atoms with E-state index in [0.717, 1.165) is 3.79 Å². The lowest BCUT2D eigenvalue weighted by molar-refractivity contribution is -0.125. The number of nitrogens with zero attached hydrogens (tertiary/aromatic N) is 2. The molecule has 11 heteroatoms. The Hall–Kier alpha value is -2.40. The summed E-state index contributed by atoms with van der Waals surface area (Å²) in [4.78, 5) is 40.9. The van der Waals surface area contributed by atoms with E-state index in [1.165, 1.54) is 11.3 Å². The van der Waals surface area contributed by atoms with Gasteiger partial charge in [0, 0.05) is 18.8 Å². The van der Waals surface area contributed by atoms with Gasteiger partial charge in [-0.2, -0.15) is 0 Å². The number of anilines is 2. The summed E-state index contributed by atoms with van der Waals surface area (Å²) in [6.07, 6.45) is 1.43. The second-order valence-electron chi connectivity index (χ2n) is 7.51. The number of thiophene rings is 1. The van der Waals surface area contributed by atoms with Crippen LogP contribution in [0.2, 0.25) is 5.02 Å². The number of hydrogen-bond donors (Lipinski definition) is 1. The molecule has 2 saturated heterocycles. The van der Waals surface area contributed by atoms with Gasteiger partial charge in [0.2, 0.25) is 5.91 Å². The van der Waals surface area contributed by atoms with E-state index in [-0.39, 0.29) is 25.0 Å². The van der Waals surface area contributed by atoms with Crippen LogP contribution >= 0.6 is 38.9 Å². The van der Waals surface area contributed by atoms with Crippen molar-refractivity contribution < 1.29 is 23.9 Å². The largest absolute Gasteiger partial charge is 0.413 e. The first-order valence-electron chi connectivity index (χ1n) is 10.2. The first-order valence-corrected chi connectivity index (χ1v) is 12.2. The maximum Gasteiger partial charge on any atom is 0.413 e. The van der Waals surface area contributed by atoms with Crippen LogP contribution in [0, 0.1) is 5.92 Å². The minimum absolute atomic E-state index is 0.0117. The van der Waals surface area contributed by atoms with Gasteiger partial charge in [-0.25, -0.2) is 4.79 Å². The normalized spacial score (nSPS) is 20.8. The lowest BCUT2D eigenvalue weighted by Gasteiger charge is -2.28. The van der Waals surface area contributed by atoms with E-state index < -0.39 is 18.1 Å². The number of amides is 3. The van der Waals surface area contributed by atoms with Crippen LogP contribution in [0.5, 0.6) is 5.06 Å². The van der Waals surface area contributed by atoms with Crippen LogP contribution in [0.4, 0.5) is 16.2 Å². The first-order chi connectivity index (χ1) is 15.9. The number of ether oxygens (including phenoxy) is 2. The smallest absolute Gasteiger partial charge is 0.399 e. The predicted octanol–water partition coefficient (Wildman–Crippen LogP) is 4.22. The number of benzene rings is 1. The van der Waals surface area contributed by atoms with Crippen LogP contribution in [0.15, 0.2) is 46.8 Å². The van der Waals surface area contributed by atoms with Gasteiger partial charge in [-0.3, -0.25) is 9.59 Å². The molecular weight excluding hydrogens is 534 g/mol. The third kappa shape index (κ3) is 5.24. The van der Waals surface area contributed by atoms with Crippen molar-refractivity contribution in [2.45, 2.75) is 12.5 Å². The molecule has 1 aromatic heterocycles. The first kappa shape index (κ1) is 23.7. The summed E-state index contributed by atoms with van der Waals surface area (Å²) in [6, 6.07) is 8.13. The lowest BCUT2D eigenvalue weighted by Crippen LogP contribution is -2.42. The Morgan fingerprint density at radius 1 is 1.33 bits per heavy atom. The van der Waals surface area contributed by atoms with E-state index in [2.05, 4.69) is 27.8 Å². The van der Waals surface area contributed by atoms with Crippen molar-refractivity contribution in [3.8, 4) is 5.06 Å². The standard InChI is InChI=1S/C22H21BrClN3O5S/c1-2-3-14-16(25-22(30)32-20-7-6-18(23)33-20)11-27(21(14)29)13-4-5-17(15(24)10-13)26-8-9-31-12-19(26)28/h2,4-7,10,14,16H,1,3,8-9,11-12H2,(H,25,30). The van der Waals surface area contributed by atoms with Crippen molar-refractivity contribution >= 4 is 68.2 Å². The molecular formula is C22H21BrClN3O5S. The number of nitrogens with one attached hydrogen (secondary N) is 1. The molecule has 0 bridgehead atoms. The van der Waals surface area contributed by atoms with Crippen molar-refractivity contribution in [3.63, 3.8) is 0 Å². The molecule has 1 N–H and O–H groups in total. The molecule has 2 atom stereocenters. The van der Waals surface area contributed by atoms with E-state index in [1.54, 1.807) is 46.2 Å². The van der Waals surface area contributed by atoms with Crippen LogP contribution in [0.1, 0.15) is 6.42 Å². The van der Waals surface area contributed by atoms with Crippen LogP contribution in [0.3, 0.4) is 0 Å². The highest BCUT2D eigenvalue weighted by molar-refractivity contribution is 9.11. The number of rotatable bonds is 6. The molecule has 2 aromatic rings. The van der Waals surface area contributed by atoms with Gasteiger partial charge in [-0.1, -0.05) is 29.0 Å². The number of carbonyl (C=O) groups is 3. The Morgan fingerprint density at radius 2 is 2.15 bits per heavy atom. The highest BCUT2D eigenvalue weighted by Crippen LogP contribution is 2.35. The molecule has 33 heavy (non-hydrogen) atoms. The van der Waals surface area contributed by atoms with Crippen molar-refractivity contribution in [2.75, 3.05) is 36.1 Å². The zero-order chi connectivity index (χ0) is 23.5. The number of morpholine rings is 1. The second kappa shape index (κ2) is 10.3. The summed E-state index contributed by atoms with van der Waals surface area (Å²) in [5.41, 5.74) is 1.16. The van der Waals surface area contributed by atoms with Crippen molar-refractivity contribution in [1.82, 2.24) is 5.32 Å². The third-order valence-electron chi connectivity index (χ3n) is 5.43. The fourth-order valence-electron chi connectivity index (χ4n) is 3.89. The Kier molecular flexibility index (Phi) is 7.38. The molecule has 2 aliphatic heterocycles. The Morgan fingerprint density at radius 3 is 2.82 bits per heavy atom. The zero-order valence-electron chi connectivity index (χ0n) is 17.5. The lowest BCUT2D eigenvalue weighted by atomic mass is 9.99. The fourth-order valence-corrected chi connectivity index (χ4v) is 5.36. The van der Waals surface area contributed by atoms with Crippen molar-refractivity contribution in [1.29, 1.82) is 0 Å². The monoisotopic (exact) mass is 553 g/mol. The van der Waals surface area contributed by atoms with Gasteiger partial charge in [-0.15, -0.1) is 6.58 Å². The van der Waals surface area contributed by atoms with Gasteiger partial charge in [0.15, 0.2) is 5.06 Å². The van der Waals surface area contributed by atoms with E-state index in [1.807, 2.05) is 0 Å². The van der Waals surface area contributed by atoms with Crippen LogP contribution in [0.25, 0.3) is 0 Å². The van der Waals surface area contributed by atoms with Gasteiger partial charge < -0.3 is 24.6 Å². The highest BCUT2D eigenvalue weighted by atomic mass is 79.9. The summed E-state index contributed by atoms with van der Waals surface area (Å²) in [6.45, 7) is 4.85. The van der Waals surface area contributed by atoms with E-state index in [4.69, 9.17) is 21.1 Å². The van der Waals surface area contributed by atoms with Crippen LogP contribution in [-0.4, -0.2) is 50.3 Å². The van der Waals surface area contributed by atoms with E-state index in [9.17, 15) is 14.4 Å². The number of carbonyl (C=O) groups excluding carboxylic acids is 3. The molecule has 2 aliphatic rings. The van der Waals surface area contributed by atoms with Crippen molar-refractivity contribution in [2.24, 2.45) is 5.92 Å². The average molecular weight is 555 g/mol. The molecule has 3 amide bonds. The summed E-state index contributed by atoms with van der Waals surface area (Å²) >= 11 is 11.1. The molecule has 2 fully saturated rings. The summed E-state index contributed by atoms with van der Waals surface area (Å²) in [5, 5.41) is 3.61. The predicted molar refractivity (Wildman–Crippen MR) is 130 cm³/mol. The maximum absolute atomic E-state index is 13.2. The van der Waals surface area contributed by atoms with Gasteiger partial charge in [0.1, 0.15) is 6.61 Å². The zero-order valence-corrected chi connectivity index (χ0v) is 20.6. The Bertz CT molecular complexity index is 1090. The number of halogens is 2. The SMILES string of the molecule is C=CCC1C(=O)N(c2ccc(N3CCOCC3=O)c(Cl)c2)CC1NC(=O)Oc1ccc(Br)s1. The van der Waals surface area contributed by atoms with Crippen LogP contribution in [-0.2, 0) is 14.3 Å². The molecule has 0 saturated carbocycles. The molecule has 4 rings (SSSR count). The molecule has 174 valence electrons. The summed E-state index contributed by atoms with van der Waals surface area (Å²) in [7, 11) is 0. The molecule has 2 unspecified atom stereocenters. The van der Waals surface area contributed by atoms with Crippen molar-refractivity contribution in [3.05, 3.63) is 51.8 Å². The molecule has 0 aliphatic carbocycles. The summed E-state index contributed by atoms with van der Waals surface area (Å²) < 4.78 is 11.3. The van der Waals surface area contributed by atoms with Crippen LogP contribution < -0.4 is 19.9 Å². The molecule has 0 spiro atoms. The second-order valence-corrected chi connectivity index (χ2v) is 10.3. The van der Waals surface area contributed by atoms with E-state index >= 15 is 0 Å². The Labute approximate surface area is 208 Å². The minimum Gasteiger partial charge on any atom is -0.399 e. The van der Waals surface area contributed by atoms with E-state index in [0.29, 0.717) is 41.0 Å². The average Bonchev–Trinajstić information content (AvgIpc) is 3.32. The minimum atomic E-state index is -0.628. The number of hydrogen-bond acceptors (Lipinski definition) is 6. The third-order valence-corrected chi connectivity index (χ3v) is 7.24. The molecule has 0 radical (unpaired) electrons. The Balaban J connectivity index is 1.50. The fraction of sp³-hybridized carbons (Fsp3) is 0.318. The van der Waals surface area contributed by atoms with Gasteiger partial charge in [-0.05, 0) is 52.7 Å². The topological polar surface area (TPSA) is 88.2 Å². The number of allylic oxidation sites excluding steroid dienone is 1. The highest BCUT2D eigenvalue weighted by Gasteiger charge is 2.41. The van der Waals surface area contributed by atoms with Gasteiger partial charge in [0.25, 0.3) is 5.91 Å². The quantitative estimate of drug-likeness (QED) is 0.540. The van der Waals surface area contributed by atoms with Gasteiger partial charge >= 0.3 is 6.09 Å². The maximum atomic E-state index is 13.2. The molecule has 8 nitrogen and oxygen atoms in total.